The van der Waals surface area contributed by atoms with Gasteiger partial charge in [0.2, 0.25) is 10.0 Å². The smallest absolute Gasteiger partial charge is 0.336 e. The van der Waals surface area contributed by atoms with Crippen molar-refractivity contribution in [1.29, 1.82) is 0 Å². The summed E-state index contributed by atoms with van der Waals surface area (Å²) in [5.74, 6) is 0. The standard InChI is InChI=1S/C31H38N4O3S/c1-22-13-14-27(23(2)19-22)34-17-15-33(16-18-34)26-11-8-10-24(20-26)29-31(3,4)21-25-9-6-7-12-28(25)35(29)30(36)32-39(5,37)38/h6-14,19-20,29H,15-18,21H2,1-5H3,(H,32,36). The lowest BCUT2D eigenvalue weighted by Gasteiger charge is -2.47. The van der Waals surface area contributed by atoms with Gasteiger partial charge in [-0.05, 0) is 66.6 Å². The van der Waals surface area contributed by atoms with E-state index in [1.807, 2.05) is 30.3 Å². The third-order valence-electron chi connectivity index (χ3n) is 7.91. The minimum absolute atomic E-state index is 0.330. The fourth-order valence-corrected chi connectivity index (χ4v) is 6.68. The summed E-state index contributed by atoms with van der Waals surface area (Å²) in [7, 11) is -3.73. The molecule has 206 valence electrons. The Morgan fingerprint density at radius 2 is 1.56 bits per heavy atom. The van der Waals surface area contributed by atoms with Crippen LogP contribution in [-0.4, -0.2) is 46.9 Å². The van der Waals surface area contributed by atoms with Crippen molar-refractivity contribution in [1.82, 2.24) is 4.72 Å². The highest BCUT2D eigenvalue weighted by Gasteiger charge is 2.44. The van der Waals surface area contributed by atoms with E-state index < -0.39 is 16.1 Å². The minimum Gasteiger partial charge on any atom is -0.368 e. The van der Waals surface area contributed by atoms with Crippen LogP contribution in [0.1, 0.15) is 42.1 Å². The Morgan fingerprint density at radius 3 is 2.26 bits per heavy atom. The first-order valence-electron chi connectivity index (χ1n) is 13.5. The molecule has 2 amide bonds. The largest absolute Gasteiger partial charge is 0.368 e. The van der Waals surface area contributed by atoms with Crippen LogP contribution in [0.25, 0.3) is 0 Å². The van der Waals surface area contributed by atoms with E-state index in [0.29, 0.717) is 0 Å². The molecule has 39 heavy (non-hydrogen) atoms. The van der Waals surface area contributed by atoms with Gasteiger partial charge >= 0.3 is 6.03 Å². The van der Waals surface area contributed by atoms with Crippen LogP contribution in [0.5, 0.6) is 0 Å². The van der Waals surface area contributed by atoms with Gasteiger partial charge < -0.3 is 9.80 Å². The van der Waals surface area contributed by atoms with Crippen molar-refractivity contribution < 1.29 is 13.2 Å². The Hall–Kier alpha value is -3.52. The molecule has 1 unspecified atom stereocenters. The Balaban J connectivity index is 1.44. The molecule has 8 heteroatoms. The number of para-hydroxylation sites is 1. The van der Waals surface area contributed by atoms with E-state index in [9.17, 15) is 13.2 Å². The van der Waals surface area contributed by atoms with Gasteiger partial charge in [-0.25, -0.2) is 17.9 Å². The van der Waals surface area contributed by atoms with Gasteiger partial charge in [-0.1, -0.05) is 61.9 Å². The number of anilines is 3. The molecule has 3 aromatic rings. The van der Waals surface area contributed by atoms with E-state index in [1.165, 1.54) is 16.8 Å². The number of urea groups is 1. The lowest BCUT2D eigenvalue weighted by molar-refractivity contribution is 0.225. The van der Waals surface area contributed by atoms with Crippen molar-refractivity contribution in [2.75, 3.05) is 47.1 Å². The summed E-state index contributed by atoms with van der Waals surface area (Å²) in [6.45, 7) is 12.2. The van der Waals surface area contributed by atoms with E-state index in [0.717, 1.165) is 61.4 Å². The number of carbonyl (C=O) groups excluding carboxylic acids is 1. The number of nitrogens with one attached hydrogen (secondary N) is 1. The molecule has 2 heterocycles. The molecule has 0 bridgehead atoms. The monoisotopic (exact) mass is 546 g/mol. The lowest BCUT2D eigenvalue weighted by Crippen LogP contribution is -2.51. The molecule has 2 aliphatic rings. The fourth-order valence-electron chi connectivity index (χ4n) is 6.26. The lowest BCUT2D eigenvalue weighted by atomic mass is 9.71. The number of rotatable bonds is 4. The molecule has 1 atom stereocenters. The highest BCUT2D eigenvalue weighted by Crippen LogP contribution is 2.49. The quantitative estimate of drug-likeness (QED) is 0.473. The molecule has 0 saturated carbocycles. The molecule has 7 nitrogen and oxygen atoms in total. The summed E-state index contributed by atoms with van der Waals surface area (Å²) in [4.78, 5) is 20.0. The third kappa shape index (κ3) is 5.62. The maximum absolute atomic E-state index is 13.5. The molecule has 1 saturated heterocycles. The van der Waals surface area contributed by atoms with Gasteiger partial charge in [0.1, 0.15) is 0 Å². The number of benzene rings is 3. The number of fused-ring (bicyclic) bond motifs is 1. The summed E-state index contributed by atoms with van der Waals surface area (Å²) in [6.07, 6.45) is 1.79. The van der Waals surface area contributed by atoms with Crippen LogP contribution in [0.4, 0.5) is 21.9 Å². The average molecular weight is 547 g/mol. The zero-order valence-electron chi connectivity index (χ0n) is 23.4. The second kappa shape index (κ2) is 10.2. The summed E-state index contributed by atoms with van der Waals surface area (Å²) >= 11 is 0. The predicted octanol–water partition coefficient (Wildman–Crippen LogP) is 5.43. The maximum atomic E-state index is 13.5. The first-order chi connectivity index (χ1) is 18.4. The number of hydrogen-bond donors (Lipinski definition) is 1. The van der Waals surface area contributed by atoms with Crippen LogP contribution in [0, 0.1) is 19.3 Å². The predicted molar refractivity (Wildman–Crippen MR) is 159 cm³/mol. The number of hydrogen-bond acceptors (Lipinski definition) is 5. The van der Waals surface area contributed by atoms with Crippen molar-refractivity contribution in [2.24, 2.45) is 5.41 Å². The summed E-state index contributed by atoms with van der Waals surface area (Å²) in [5.41, 5.74) is 7.43. The normalized spacial score (nSPS) is 19.0. The second-order valence-corrected chi connectivity index (χ2v) is 13.4. The second-order valence-electron chi connectivity index (χ2n) is 11.6. The number of amides is 2. The Bertz CT molecular complexity index is 1490. The number of carbonyl (C=O) groups is 1. The van der Waals surface area contributed by atoms with Crippen molar-refractivity contribution >= 4 is 33.1 Å². The Labute approximate surface area is 232 Å². The van der Waals surface area contributed by atoms with Crippen molar-refractivity contribution in [3.8, 4) is 0 Å². The average Bonchev–Trinajstić information content (AvgIpc) is 2.86. The first-order valence-corrected chi connectivity index (χ1v) is 15.4. The Morgan fingerprint density at radius 1 is 0.872 bits per heavy atom. The van der Waals surface area contributed by atoms with E-state index in [4.69, 9.17) is 0 Å². The summed E-state index contributed by atoms with van der Waals surface area (Å²) in [6, 6.07) is 21.8. The maximum Gasteiger partial charge on any atom is 0.336 e. The van der Waals surface area contributed by atoms with Crippen molar-refractivity contribution in [3.05, 3.63) is 89.0 Å². The summed E-state index contributed by atoms with van der Waals surface area (Å²) < 4.78 is 26.3. The van der Waals surface area contributed by atoms with Gasteiger partial charge in [-0.3, -0.25) is 4.90 Å². The van der Waals surface area contributed by atoms with Crippen LogP contribution in [-0.2, 0) is 16.4 Å². The number of nitrogens with zero attached hydrogens (tertiary/aromatic N) is 3. The number of sulfonamides is 1. The molecule has 3 aromatic carbocycles. The van der Waals surface area contributed by atoms with Gasteiger partial charge in [-0.15, -0.1) is 0 Å². The molecular formula is C31H38N4O3S. The van der Waals surface area contributed by atoms with Gasteiger partial charge in [0.25, 0.3) is 0 Å². The van der Waals surface area contributed by atoms with E-state index >= 15 is 0 Å². The fraction of sp³-hybridized carbons (Fsp3) is 0.387. The molecule has 0 spiro atoms. The first kappa shape index (κ1) is 27.1. The van der Waals surface area contributed by atoms with Gasteiger partial charge in [-0.2, -0.15) is 0 Å². The van der Waals surface area contributed by atoms with Crippen LogP contribution in [0.2, 0.25) is 0 Å². The van der Waals surface area contributed by atoms with Gasteiger partial charge in [0.05, 0.1) is 12.3 Å². The Kier molecular flexibility index (Phi) is 7.10. The zero-order chi connectivity index (χ0) is 27.9. The molecule has 1 N–H and O–H groups in total. The third-order valence-corrected chi connectivity index (χ3v) is 8.46. The number of aryl methyl sites for hydroxylation is 2. The molecule has 5 rings (SSSR count). The topological polar surface area (TPSA) is 73.0 Å². The summed E-state index contributed by atoms with van der Waals surface area (Å²) in [5, 5.41) is 0. The van der Waals surface area contributed by atoms with Crippen molar-refractivity contribution in [3.63, 3.8) is 0 Å². The molecular weight excluding hydrogens is 508 g/mol. The zero-order valence-corrected chi connectivity index (χ0v) is 24.3. The number of piperazine rings is 1. The highest BCUT2D eigenvalue weighted by molar-refractivity contribution is 7.89. The van der Waals surface area contributed by atoms with Crippen molar-refractivity contribution in [2.45, 2.75) is 40.2 Å². The van der Waals surface area contributed by atoms with Crippen LogP contribution in [0.3, 0.4) is 0 Å². The van der Waals surface area contributed by atoms with Gasteiger partial charge in [0, 0.05) is 43.2 Å². The highest BCUT2D eigenvalue weighted by atomic mass is 32.2. The van der Waals surface area contributed by atoms with Crippen LogP contribution < -0.4 is 19.4 Å². The van der Waals surface area contributed by atoms with E-state index in [1.54, 1.807) is 4.90 Å². The van der Waals surface area contributed by atoms with Gasteiger partial charge in [0.15, 0.2) is 0 Å². The van der Waals surface area contributed by atoms with E-state index in [-0.39, 0.29) is 11.5 Å². The van der Waals surface area contributed by atoms with Crippen LogP contribution in [0.15, 0.2) is 66.7 Å². The molecule has 1 fully saturated rings. The van der Waals surface area contributed by atoms with E-state index in [2.05, 4.69) is 78.6 Å². The molecule has 0 radical (unpaired) electrons. The SMILES string of the molecule is Cc1ccc(N2CCN(c3cccc(C4N(C(=O)NS(C)(=O)=O)c5ccccc5CC4(C)C)c3)CC2)c(C)c1. The van der Waals surface area contributed by atoms with Crippen LogP contribution >= 0.6 is 0 Å². The molecule has 2 aliphatic heterocycles. The molecule has 0 aromatic heterocycles. The minimum atomic E-state index is -3.73. The molecule has 0 aliphatic carbocycles.